The van der Waals surface area contributed by atoms with Crippen molar-refractivity contribution < 1.29 is 4.42 Å². The van der Waals surface area contributed by atoms with Gasteiger partial charge >= 0.3 is 0 Å². The van der Waals surface area contributed by atoms with E-state index >= 15 is 0 Å². The maximum absolute atomic E-state index is 6.59. The monoisotopic (exact) mass is 699 g/mol. The summed E-state index contributed by atoms with van der Waals surface area (Å²) in [4.78, 5) is 2.32. The molecule has 0 amide bonds. The highest BCUT2D eigenvalue weighted by atomic mass is 32.1. The van der Waals surface area contributed by atoms with Crippen molar-refractivity contribution in [3.63, 3.8) is 0 Å². The second-order valence-corrected chi connectivity index (χ2v) is 15.5. The molecule has 11 rings (SSSR count). The summed E-state index contributed by atoms with van der Waals surface area (Å²) >= 11 is 3.72. The molecule has 0 N–H and O–H groups in total. The Hall–Kier alpha value is -6.20. The molecule has 0 atom stereocenters. The maximum atomic E-state index is 6.59. The van der Waals surface area contributed by atoms with Gasteiger partial charge in [-0.25, -0.2) is 0 Å². The van der Waals surface area contributed by atoms with Crippen LogP contribution in [-0.4, -0.2) is 0 Å². The lowest BCUT2D eigenvalue weighted by atomic mass is 10.0. The van der Waals surface area contributed by atoms with Gasteiger partial charge in [0, 0.05) is 62.5 Å². The Morgan fingerprint density at radius 2 is 0.808 bits per heavy atom. The average molecular weight is 700 g/mol. The molecule has 0 spiro atoms. The molecular weight excluding hydrogens is 671 g/mol. The van der Waals surface area contributed by atoms with Gasteiger partial charge in [-0.05, 0) is 82.9 Å². The molecule has 0 saturated carbocycles. The molecule has 3 aromatic heterocycles. The van der Waals surface area contributed by atoms with Crippen LogP contribution < -0.4 is 4.90 Å². The van der Waals surface area contributed by atoms with Gasteiger partial charge in [0.05, 0.1) is 5.69 Å². The van der Waals surface area contributed by atoms with Crippen molar-refractivity contribution in [1.29, 1.82) is 0 Å². The molecule has 0 aliphatic carbocycles. The van der Waals surface area contributed by atoms with Crippen molar-refractivity contribution >= 4 is 102 Å². The van der Waals surface area contributed by atoms with Crippen molar-refractivity contribution in [3.05, 3.63) is 176 Å². The molecule has 0 radical (unpaired) electrons. The number of hydrogen-bond donors (Lipinski definition) is 0. The molecular formula is C48H29NOS2. The van der Waals surface area contributed by atoms with E-state index in [-0.39, 0.29) is 0 Å². The molecule has 0 unspecified atom stereocenters. The molecule has 52 heavy (non-hydrogen) atoms. The van der Waals surface area contributed by atoms with Gasteiger partial charge in [-0.3, -0.25) is 0 Å². The third-order valence-corrected chi connectivity index (χ3v) is 12.6. The molecule has 11 aromatic rings. The van der Waals surface area contributed by atoms with Crippen LogP contribution in [0, 0.1) is 0 Å². The Morgan fingerprint density at radius 3 is 1.38 bits per heavy atom. The van der Waals surface area contributed by atoms with Crippen LogP contribution >= 0.6 is 22.7 Å². The van der Waals surface area contributed by atoms with E-state index < -0.39 is 0 Å². The van der Waals surface area contributed by atoms with E-state index in [1.165, 1.54) is 62.6 Å². The van der Waals surface area contributed by atoms with E-state index in [9.17, 15) is 0 Å². The summed E-state index contributed by atoms with van der Waals surface area (Å²) in [7, 11) is 0. The molecule has 244 valence electrons. The van der Waals surface area contributed by atoms with Gasteiger partial charge < -0.3 is 9.32 Å². The number of nitrogens with zero attached hydrogens (tertiary/aromatic N) is 1. The highest BCUT2D eigenvalue weighted by Crippen LogP contribution is 2.44. The summed E-state index contributed by atoms with van der Waals surface area (Å²) in [5.41, 5.74) is 9.74. The van der Waals surface area contributed by atoms with Crippen LogP contribution in [0.25, 0.3) is 84.5 Å². The van der Waals surface area contributed by atoms with E-state index in [0.29, 0.717) is 0 Å². The first-order valence-corrected chi connectivity index (χ1v) is 19.1. The molecule has 0 bridgehead atoms. The van der Waals surface area contributed by atoms with Gasteiger partial charge in [-0.15, -0.1) is 22.7 Å². The Labute approximate surface area is 308 Å². The number of hydrogen-bond acceptors (Lipinski definition) is 4. The minimum atomic E-state index is 0.877. The highest BCUT2D eigenvalue weighted by Gasteiger charge is 2.20. The number of fused-ring (bicyclic) bond motifs is 9. The first kappa shape index (κ1) is 29.5. The Balaban J connectivity index is 1.01. The van der Waals surface area contributed by atoms with Crippen molar-refractivity contribution in [3.8, 4) is 22.3 Å². The van der Waals surface area contributed by atoms with E-state index in [4.69, 9.17) is 4.42 Å². The number of para-hydroxylation sites is 2. The van der Waals surface area contributed by atoms with Crippen LogP contribution in [-0.2, 0) is 0 Å². The molecule has 0 fully saturated rings. The fourth-order valence-corrected chi connectivity index (χ4v) is 10.0. The number of anilines is 3. The lowest BCUT2D eigenvalue weighted by Crippen LogP contribution is -2.10. The first-order chi connectivity index (χ1) is 25.7. The summed E-state index contributed by atoms with van der Waals surface area (Å²) in [5.74, 6) is 0. The summed E-state index contributed by atoms with van der Waals surface area (Å²) in [5, 5.41) is 7.52. The van der Waals surface area contributed by atoms with Crippen LogP contribution in [0.3, 0.4) is 0 Å². The highest BCUT2D eigenvalue weighted by molar-refractivity contribution is 7.26. The molecule has 0 aliphatic rings. The zero-order chi connectivity index (χ0) is 34.2. The fourth-order valence-electron chi connectivity index (χ4n) is 7.75. The largest absolute Gasteiger partial charge is 0.454 e. The number of furan rings is 1. The van der Waals surface area contributed by atoms with Crippen LogP contribution in [0.4, 0.5) is 17.1 Å². The van der Waals surface area contributed by atoms with E-state index in [1.807, 2.05) is 34.8 Å². The Morgan fingerprint density at radius 1 is 0.346 bits per heavy atom. The summed E-state index contributed by atoms with van der Waals surface area (Å²) in [6, 6.07) is 63.7. The van der Waals surface area contributed by atoms with E-state index in [0.717, 1.165) is 39.0 Å². The lowest BCUT2D eigenvalue weighted by Gasteiger charge is -2.26. The lowest BCUT2D eigenvalue weighted by molar-refractivity contribution is 0.669. The topological polar surface area (TPSA) is 16.4 Å². The van der Waals surface area contributed by atoms with Gasteiger partial charge in [0.25, 0.3) is 0 Å². The van der Waals surface area contributed by atoms with Gasteiger partial charge in [0.15, 0.2) is 5.58 Å². The van der Waals surface area contributed by atoms with Gasteiger partial charge in [0.2, 0.25) is 0 Å². The minimum Gasteiger partial charge on any atom is -0.454 e. The van der Waals surface area contributed by atoms with Gasteiger partial charge in [0.1, 0.15) is 5.58 Å². The van der Waals surface area contributed by atoms with Crippen LogP contribution in [0.5, 0.6) is 0 Å². The molecule has 0 aliphatic heterocycles. The molecule has 8 aromatic carbocycles. The number of rotatable bonds is 5. The molecule has 0 saturated heterocycles. The predicted molar refractivity (Wildman–Crippen MR) is 225 cm³/mol. The molecule has 2 nitrogen and oxygen atoms in total. The second kappa shape index (κ2) is 11.7. The standard InChI is InChI=1S/C48H29NOS2/c1-4-13-43-36(8-1)41-11-7-12-42(48(41)50-43)49(34-22-16-30(17-23-34)32-20-26-39-37-9-2-5-14-44(37)51-46(39)28-32)35-24-18-31(19-25-35)33-21-27-40-38-10-3-6-15-45(38)52-47(40)29-33/h1-29H. The second-order valence-electron chi connectivity index (χ2n) is 13.3. The zero-order valence-electron chi connectivity index (χ0n) is 27.9. The van der Waals surface area contributed by atoms with Crippen molar-refractivity contribution in [2.24, 2.45) is 0 Å². The maximum Gasteiger partial charge on any atom is 0.159 e. The first-order valence-electron chi connectivity index (χ1n) is 17.5. The fraction of sp³-hybridized carbons (Fsp3) is 0. The summed E-state index contributed by atoms with van der Waals surface area (Å²) < 4.78 is 11.9. The van der Waals surface area contributed by atoms with Crippen molar-refractivity contribution in [2.45, 2.75) is 0 Å². The smallest absolute Gasteiger partial charge is 0.159 e. The number of thiophene rings is 2. The van der Waals surface area contributed by atoms with Crippen LogP contribution in [0.1, 0.15) is 0 Å². The van der Waals surface area contributed by atoms with Crippen LogP contribution in [0.2, 0.25) is 0 Å². The SMILES string of the molecule is c1ccc2c(c1)oc1c(N(c3ccc(-c4ccc5c(c4)sc4ccccc45)cc3)c3ccc(-c4ccc5c(c4)sc4ccccc45)cc3)cccc12. The van der Waals surface area contributed by atoms with E-state index in [2.05, 4.69) is 169 Å². The van der Waals surface area contributed by atoms with Crippen LogP contribution in [0.15, 0.2) is 180 Å². The Bertz CT molecular complexity index is 2970. The molecule has 4 heteroatoms. The third kappa shape index (κ3) is 4.69. The van der Waals surface area contributed by atoms with Gasteiger partial charge in [-0.2, -0.15) is 0 Å². The molecule has 3 heterocycles. The van der Waals surface area contributed by atoms with Gasteiger partial charge in [-0.1, -0.05) is 115 Å². The normalized spacial score (nSPS) is 11.8. The third-order valence-electron chi connectivity index (χ3n) is 10.3. The number of benzene rings is 8. The quantitative estimate of drug-likeness (QED) is 0.178. The predicted octanol–water partition coefficient (Wildman–Crippen LogP) is 15.1. The Kier molecular flexibility index (Phi) is 6.63. The van der Waals surface area contributed by atoms with Crippen molar-refractivity contribution in [2.75, 3.05) is 4.90 Å². The average Bonchev–Trinajstić information content (AvgIpc) is 3.89. The summed E-state index contributed by atoms with van der Waals surface area (Å²) in [6.07, 6.45) is 0. The van der Waals surface area contributed by atoms with E-state index in [1.54, 1.807) is 0 Å². The zero-order valence-corrected chi connectivity index (χ0v) is 29.5. The minimum absolute atomic E-state index is 0.877. The summed E-state index contributed by atoms with van der Waals surface area (Å²) in [6.45, 7) is 0. The van der Waals surface area contributed by atoms with Crippen molar-refractivity contribution in [1.82, 2.24) is 0 Å².